The molecule has 0 radical (unpaired) electrons. The van der Waals surface area contributed by atoms with Crippen molar-refractivity contribution in [2.45, 2.75) is 0 Å². The smallest absolute Gasteiger partial charge is 0.0973 e. The molecule has 404 valence electrons. The molecule has 0 N–H and O–H groups in total. The average molecular weight is 1100 g/mol. The van der Waals surface area contributed by atoms with Gasteiger partial charge in [-0.25, -0.2) is 9.97 Å². The second-order valence-corrected chi connectivity index (χ2v) is 21.8. The van der Waals surface area contributed by atoms with Crippen LogP contribution in [0.4, 0.5) is 34.1 Å². The highest BCUT2D eigenvalue weighted by atomic mass is 15.1. The second-order valence-electron chi connectivity index (χ2n) is 21.8. The molecule has 16 rings (SSSR count). The van der Waals surface area contributed by atoms with Gasteiger partial charge in [-0.05, 0) is 156 Å². The van der Waals surface area contributed by atoms with Gasteiger partial charge in [0.1, 0.15) is 0 Å². The number of aromatic nitrogens is 4. The molecule has 13 aromatic carbocycles. The zero-order chi connectivity index (χ0) is 56.9. The van der Waals surface area contributed by atoms with Gasteiger partial charge >= 0.3 is 0 Å². The second kappa shape index (κ2) is 21.3. The van der Waals surface area contributed by atoms with Crippen LogP contribution in [-0.4, -0.2) is 19.1 Å². The fourth-order valence-electron chi connectivity index (χ4n) is 12.6. The summed E-state index contributed by atoms with van der Waals surface area (Å²) in [5.41, 5.74) is 23.4. The third kappa shape index (κ3) is 8.92. The number of hydrogen-bond donors (Lipinski definition) is 0. The van der Waals surface area contributed by atoms with Crippen LogP contribution in [0.15, 0.2) is 328 Å². The van der Waals surface area contributed by atoms with Gasteiger partial charge in [0.05, 0.1) is 44.5 Å². The standard InChI is InChI=1S/C80H54N6/c1-3-17-61(18-4-1)83(65-47-51-67(52-48-65)85-75-27-13-7-21-69(75)70-22-8-14-28-76(70)85)63-43-39-57(40-44-63)55-31-35-59(36-32-55)79-80(82-74-26-12-11-25-73(74)81-79)60-37-33-56(34-38-60)58-41-45-64(46-42-58)84(62-19-5-2-6-20-62)66-49-53-68(54-50-66)86-77-29-15-9-23-71(77)72-24-10-16-30-78(72)86/h1-54H. The molecule has 6 nitrogen and oxygen atoms in total. The van der Waals surface area contributed by atoms with Crippen LogP contribution in [0, 0.1) is 0 Å². The summed E-state index contributed by atoms with van der Waals surface area (Å²) in [7, 11) is 0. The van der Waals surface area contributed by atoms with E-state index in [1.165, 1.54) is 43.6 Å². The van der Waals surface area contributed by atoms with Gasteiger partial charge in [-0.15, -0.1) is 0 Å². The fraction of sp³-hybridized carbons (Fsp3) is 0. The van der Waals surface area contributed by atoms with Gasteiger partial charge in [-0.1, -0.05) is 194 Å². The van der Waals surface area contributed by atoms with E-state index in [4.69, 9.17) is 9.97 Å². The predicted molar refractivity (Wildman–Crippen MR) is 359 cm³/mol. The number of benzene rings is 13. The van der Waals surface area contributed by atoms with Crippen LogP contribution in [0.5, 0.6) is 0 Å². The van der Waals surface area contributed by atoms with Gasteiger partial charge < -0.3 is 18.9 Å². The molecule has 0 saturated heterocycles. The van der Waals surface area contributed by atoms with E-state index in [1.54, 1.807) is 0 Å². The summed E-state index contributed by atoms with van der Waals surface area (Å²) in [6, 6.07) is 117. The number of hydrogen-bond acceptors (Lipinski definition) is 4. The molecule has 0 aliphatic heterocycles. The lowest BCUT2D eigenvalue weighted by molar-refractivity contribution is 1.17. The minimum atomic E-state index is 0.842. The predicted octanol–water partition coefficient (Wildman–Crippen LogP) is 21.4. The zero-order valence-corrected chi connectivity index (χ0v) is 46.9. The number of rotatable bonds is 12. The van der Waals surface area contributed by atoms with Crippen molar-refractivity contribution in [3.8, 4) is 56.1 Å². The van der Waals surface area contributed by atoms with Crippen molar-refractivity contribution in [2.75, 3.05) is 9.80 Å². The summed E-state index contributed by atoms with van der Waals surface area (Å²) >= 11 is 0. The summed E-state index contributed by atoms with van der Waals surface area (Å²) < 4.78 is 4.72. The van der Waals surface area contributed by atoms with Crippen LogP contribution in [0.3, 0.4) is 0 Å². The Labute approximate surface area is 498 Å². The summed E-state index contributed by atoms with van der Waals surface area (Å²) in [4.78, 5) is 15.2. The molecular formula is C80H54N6. The Morgan fingerprint density at radius 1 is 0.198 bits per heavy atom. The quantitative estimate of drug-likeness (QED) is 0.122. The molecule has 86 heavy (non-hydrogen) atoms. The topological polar surface area (TPSA) is 42.1 Å². The van der Waals surface area contributed by atoms with E-state index >= 15 is 0 Å². The number of fused-ring (bicyclic) bond motifs is 7. The van der Waals surface area contributed by atoms with E-state index in [0.29, 0.717) is 0 Å². The normalized spacial score (nSPS) is 11.5. The summed E-state index contributed by atoms with van der Waals surface area (Å²) in [6.45, 7) is 0. The molecule has 0 amide bonds. The molecule has 6 heteroatoms. The van der Waals surface area contributed by atoms with Crippen molar-refractivity contribution in [1.82, 2.24) is 19.1 Å². The van der Waals surface area contributed by atoms with E-state index in [-0.39, 0.29) is 0 Å². The van der Waals surface area contributed by atoms with Gasteiger partial charge in [0.25, 0.3) is 0 Å². The van der Waals surface area contributed by atoms with E-state index in [1.807, 2.05) is 24.3 Å². The number of para-hydroxylation sites is 8. The maximum absolute atomic E-state index is 5.28. The number of nitrogens with zero attached hydrogens (tertiary/aromatic N) is 6. The molecule has 3 aromatic heterocycles. The van der Waals surface area contributed by atoms with Crippen LogP contribution in [0.2, 0.25) is 0 Å². The minimum Gasteiger partial charge on any atom is -0.311 e. The Bertz CT molecular complexity index is 4680. The molecule has 16 aromatic rings. The Balaban J connectivity index is 0.666. The van der Waals surface area contributed by atoms with Crippen LogP contribution in [0.25, 0.3) is 111 Å². The molecule has 0 aliphatic rings. The zero-order valence-electron chi connectivity index (χ0n) is 46.9. The van der Waals surface area contributed by atoms with E-state index in [2.05, 4.69) is 322 Å². The molecule has 0 spiro atoms. The summed E-state index contributed by atoms with van der Waals surface area (Å²) in [6.07, 6.45) is 0. The molecule has 0 unspecified atom stereocenters. The Kier molecular flexibility index (Phi) is 12.4. The van der Waals surface area contributed by atoms with Crippen molar-refractivity contribution in [2.24, 2.45) is 0 Å². The van der Waals surface area contributed by atoms with Gasteiger partial charge in [0.2, 0.25) is 0 Å². The van der Waals surface area contributed by atoms with Crippen molar-refractivity contribution >= 4 is 88.8 Å². The third-order valence-corrected chi connectivity index (χ3v) is 16.7. The first-order chi connectivity index (χ1) is 42.6. The Morgan fingerprint density at radius 2 is 0.430 bits per heavy atom. The first kappa shape index (κ1) is 50.2. The number of anilines is 6. The highest BCUT2D eigenvalue weighted by molar-refractivity contribution is 6.10. The van der Waals surface area contributed by atoms with E-state index < -0.39 is 0 Å². The van der Waals surface area contributed by atoms with E-state index in [9.17, 15) is 0 Å². The molecule has 0 bridgehead atoms. The van der Waals surface area contributed by atoms with Crippen LogP contribution >= 0.6 is 0 Å². The maximum Gasteiger partial charge on any atom is 0.0973 e. The van der Waals surface area contributed by atoms with Gasteiger partial charge in [0.15, 0.2) is 0 Å². The lowest BCUT2D eigenvalue weighted by atomic mass is 9.98. The lowest BCUT2D eigenvalue weighted by Crippen LogP contribution is -2.10. The van der Waals surface area contributed by atoms with E-state index in [0.717, 1.165) is 101 Å². The summed E-state index contributed by atoms with van der Waals surface area (Å²) in [5, 5.41) is 5.01. The molecule has 0 fully saturated rings. The fourth-order valence-corrected chi connectivity index (χ4v) is 12.6. The third-order valence-electron chi connectivity index (χ3n) is 16.7. The van der Waals surface area contributed by atoms with Gasteiger partial charge in [-0.3, -0.25) is 0 Å². The molecule has 3 heterocycles. The van der Waals surface area contributed by atoms with Gasteiger partial charge in [-0.2, -0.15) is 0 Å². The monoisotopic (exact) mass is 1100 g/mol. The SMILES string of the molecule is c1ccc(N(c2ccc(-c3ccc(-c4nc5ccccc5nc4-c4ccc(-c5ccc(N(c6ccccc6)c6ccc(-n7c8ccccc8c8ccccc87)cc6)cc5)cc4)cc3)cc2)c2ccc(-n3c4ccccc4c4ccccc43)cc2)cc1. The molecule has 0 atom stereocenters. The van der Waals surface area contributed by atoms with Crippen LogP contribution in [0.1, 0.15) is 0 Å². The van der Waals surface area contributed by atoms with Gasteiger partial charge in [0, 0.05) is 78.2 Å². The largest absolute Gasteiger partial charge is 0.311 e. The van der Waals surface area contributed by atoms with Crippen LogP contribution < -0.4 is 9.80 Å². The first-order valence-electron chi connectivity index (χ1n) is 29.2. The van der Waals surface area contributed by atoms with Crippen molar-refractivity contribution in [3.05, 3.63) is 328 Å². The minimum absolute atomic E-state index is 0.842. The Hall–Kier alpha value is -11.6. The molecule has 0 aliphatic carbocycles. The highest BCUT2D eigenvalue weighted by Gasteiger charge is 2.20. The summed E-state index contributed by atoms with van der Waals surface area (Å²) in [5.74, 6) is 0. The highest BCUT2D eigenvalue weighted by Crippen LogP contribution is 2.41. The average Bonchev–Trinajstić information content (AvgIpc) is 2.69. The first-order valence-corrected chi connectivity index (χ1v) is 29.2. The Morgan fingerprint density at radius 3 is 0.744 bits per heavy atom. The van der Waals surface area contributed by atoms with Crippen molar-refractivity contribution < 1.29 is 0 Å². The molecular weight excluding hydrogens is 1040 g/mol. The van der Waals surface area contributed by atoms with Crippen molar-refractivity contribution in [1.29, 1.82) is 0 Å². The van der Waals surface area contributed by atoms with Crippen molar-refractivity contribution in [3.63, 3.8) is 0 Å². The lowest BCUT2D eigenvalue weighted by Gasteiger charge is -2.26. The molecule has 0 saturated carbocycles. The maximum atomic E-state index is 5.28. The van der Waals surface area contributed by atoms with Crippen LogP contribution in [-0.2, 0) is 0 Å².